The van der Waals surface area contributed by atoms with E-state index in [9.17, 15) is 32.7 Å². The van der Waals surface area contributed by atoms with Crippen molar-refractivity contribution < 1.29 is 61.2 Å². The van der Waals surface area contributed by atoms with Gasteiger partial charge in [0, 0.05) is 38.4 Å². The first kappa shape index (κ1) is 41.1. The summed E-state index contributed by atoms with van der Waals surface area (Å²) in [4.78, 5) is 63.2. The van der Waals surface area contributed by atoms with Crippen LogP contribution < -0.4 is 5.32 Å². The zero-order valence-electron chi connectivity index (χ0n) is 31.4. The van der Waals surface area contributed by atoms with Crippen LogP contribution in [0.4, 0.5) is 13.2 Å². The number of amides is 2. The van der Waals surface area contributed by atoms with Crippen LogP contribution in [0, 0.1) is 5.41 Å². The number of likely N-dealkylation sites (tertiary alicyclic amines) is 1. The number of nitrogens with one attached hydrogen (secondary N) is 1. The number of benzene rings is 1. The summed E-state index contributed by atoms with van der Waals surface area (Å²) in [6.07, 6.45) is 2.09. The summed E-state index contributed by atoms with van der Waals surface area (Å²) < 4.78 is 62.1. The molecule has 1 saturated carbocycles. The van der Waals surface area contributed by atoms with Crippen LogP contribution in [0.15, 0.2) is 30.3 Å². The van der Waals surface area contributed by atoms with Crippen molar-refractivity contribution in [2.75, 3.05) is 26.3 Å². The number of hydrogen-bond donors (Lipinski definition) is 2. The van der Waals surface area contributed by atoms with Gasteiger partial charge in [-0.3, -0.25) is 19.2 Å². The predicted octanol–water partition coefficient (Wildman–Crippen LogP) is 4.35. The molecular weight excluding hydrogens is 727 g/mol. The predicted molar refractivity (Wildman–Crippen MR) is 189 cm³/mol. The van der Waals surface area contributed by atoms with Crippen molar-refractivity contribution in [3.63, 3.8) is 0 Å². The summed E-state index contributed by atoms with van der Waals surface area (Å²) in [7, 11) is 0. The third-order valence-corrected chi connectivity index (χ3v) is 11.4. The number of aliphatic hydroxyl groups is 1. The lowest BCUT2D eigenvalue weighted by Crippen LogP contribution is -2.70. The van der Waals surface area contributed by atoms with Crippen molar-refractivity contribution in [3.8, 4) is 0 Å². The van der Waals surface area contributed by atoms with Crippen LogP contribution in [0.3, 0.4) is 0 Å². The maximum absolute atomic E-state index is 15.2. The van der Waals surface area contributed by atoms with Crippen LogP contribution in [0.5, 0.6) is 0 Å². The van der Waals surface area contributed by atoms with Crippen molar-refractivity contribution in [2.45, 2.75) is 139 Å². The number of carbonyl (C=O) groups is 4. The SMILES string of the molecule is CCCCCC1(CCCCC)O[C@@H]2[C@H](O1)[C@H]1ON(Cc3ccccc3C=CC(=O)OCC(F)(F)F)[C@H]3C(=O)O[C@@H]2C[C@@]13C(=O)N1CCC[C@@H]1C(=O)NCCO. The Hall–Kier alpha value is -3.57. The van der Waals surface area contributed by atoms with Crippen molar-refractivity contribution in [1.82, 2.24) is 15.3 Å². The molecule has 4 aliphatic heterocycles. The molecule has 0 aromatic heterocycles. The van der Waals surface area contributed by atoms with Crippen molar-refractivity contribution in [3.05, 3.63) is 41.5 Å². The van der Waals surface area contributed by atoms with Gasteiger partial charge >= 0.3 is 18.1 Å². The third-order valence-electron chi connectivity index (χ3n) is 11.4. The molecule has 5 aliphatic rings. The number of carbonyl (C=O) groups excluding carboxylic acids is 4. The van der Waals surface area contributed by atoms with E-state index in [1.54, 1.807) is 24.3 Å². The summed E-state index contributed by atoms with van der Waals surface area (Å²) in [6.45, 7) is 2.46. The number of esters is 2. The lowest BCUT2D eigenvalue weighted by molar-refractivity contribution is -0.225. The molecule has 13 nitrogen and oxygen atoms in total. The molecule has 7 atom stereocenters. The summed E-state index contributed by atoms with van der Waals surface area (Å²) >= 11 is 0. The smallest absolute Gasteiger partial charge is 0.422 e. The Morgan fingerprint density at radius 3 is 2.45 bits per heavy atom. The van der Waals surface area contributed by atoms with E-state index >= 15 is 4.79 Å². The van der Waals surface area contributed by atoms with E-state index < -0.39 is 84.2 Å². The number of halogens is 3. The molecule has 2 bridgehead atoms. The highest BCUT2D eigenvalue weighted by molar-refractivity contribution is 5.96. The zero-order valence-corrected chi connectivity index (χ0v) is 31.4. The van der Waals surface area contributed by atoms with Gasteiger partial charge in [0.1, 0.15) is 35.9 Å². The van der Waals surface area contributed by atoms with Crippen LogP contribution in [0.2, 0.25) is 0 Å². The fourth-order valence-corrected chi connectivity index (χ4v) is 8.89. The molecule has 6 rings (SSSR count). The molecule has 304 valence electrons. The van der Waals surface area contributed by atoms with Gasteiger partial charge in [0.25, 0.3) is 0 Å². The summed E-state index contributed by atoms with van der Waals surface area (Å²) in [5, 5.41) is 13.4. The fourth-order valence-electron chi connectivity index (χ4n) is 8.89. The molecule has 5 fully saturated rings. The lowest BCUT2D eigenvalue weighted by atomic mass is 9.62. The Morgan fingerprint density at radius 1 is 1.05 bits per heavy atom. The Morgan fingerprint density at radius 2 is 1.76 bits per heavy atom. The number of fused-ring (bicyclic) bond motifs is 4. The minimum Gasteiger partial charge on any atom is -0.458 e. The van der Waals surface area contributed by atoms with Gasteiger partial charge in [-0.25, -0.2) is 4.79 Å². The Kier molecular flexibility index (Phi) is 12.9. The molecule has 16 heteroatoms. The highest BCUT2D eigenvalue weighted by atomic mass is 19.4. The number of hydrogen-bond acceptors (Lipinski definition) is 11. The van der Waals surface area contributed by atoms with Crippen LogP contribution in [-0.2, 0) is 49.5 Å². The number of alkyl halides is 3. The highest BCUT2D eigenvalue weighted by Gasteiger charge is 2.77. The minimum absolute atomic E-state index is 0.0278. The van der Waals surface area contributed by atoms with Crippen molar-refractivity contribution in [1.29, 1.82) is 0 Å². The topological polar surface area (TPSA) is 153 Å². The van der Waals surface area contributed by atoms with E-state index in [0.29, 0.717) is 36.8 Å². The van der Waals surface area contributed by atoms with Gasteiger partial charge in [0.2, 0.25) is 11.8 Å². The molecule has 1 aliphatic carbocycles. The van der Waals surface area contributed by atoms with E-state index in [0.717, 1.165) is 44.6 Å². The molecule has 2 amide bonds. The summed E-state index contributed by atoms with van der Waals surface area (Å²) in [5.74, 6) is -3.67. The van der Waals surface area contributed by atoms with Gasteiger partial charge in [-0.1, -0.05) is 63.8 Å². The Bertz CT molecular complexity index is 1580. The second-order valence-corrected chi connectivity index (χ2v) is 15.1. The number of unbranched alkanes of at least 4 members (excludes halogenated alkanes) is 4. The van der Waals surface area contributed by atoms with E-state index in [2.05, 4.69) is 23.9 Å². The highest BCUT2D eigenvalue weighted by Crippen LogP contribution is 2.59. The van der Waals surface area contributed by atoms with E-state index in [4.69, 9.17) is 19.0 Å². The van der Waals surface area contributed by atoms with E-state index in [1.807, 2.05) is 0 Å². The monoisotopic (exact) mass is 779 g/mol. The quantitative estimate of drug-likeness (QED) is 0.132. The number of ether oxygens (including phenoxy) is 4. The van der Waals surface area contributed by atoms with Gasteiger partial charge in [-0.2, -0.15) is 18.2 Å². The molecule has 55 heavy (non-hydrogen) atoms. The fraction of sp³-hybridized carbons (Fsp3) is 0.692. The normalized spacial score (nSPS) is 29.7. The molecular formula is C39H52F3N3O10. The number of rotatable bonds is 17. The molecule has 4 heterocycles. The Labute approximate surface area is 318 Å². The van der Waals surface area contributed by atoms with E-state index in [-0.39, 0.29) is 32.7 Å². The molecule has 4 saturated heterocycles. The Balaban J connectivity index is 1.36. The minimum atomic E-state index is -4.68. The average molecular weight is 780 g/mol. The maximum Gasteiger partial charge on any atom is 0.422 e. The summed E-state index contributed by atoms with van der Waals surface area (Å²) in [6, 6.07) is 4.69. The van der Waals surface area contributed by atoms with Crippen LogP contribution >= 0.6 is 0 Å². The second kappa shape index (κ2) is 17.3. The average Bonchev–Trinajstić information content (AvgIpc) is 3.88. The lowest BCUT2D eigenvalue weighted by Gasteiger charge is -2.50. The van der Waals surface area contributed by atoms with Crippen LogP contribution in [-0.4, -0.2) is 114 Å². The van der Waals surface area contributed by atoms with Gasteiger partial charge in [-0.05, 0) is 42.9 Å². The largest absolute Gasteiger partial charge is 0.458 e. The van der Waals surface area contributed by atoms with Gasteiger partial charge in [0.15, 0.2) is 18.4 Å². The summed E-state index contributed by atoms with van der Waals surface area (Å²) in [5.41, 5.74) is -0.550. The van der Waals surface area contributed by atoms with E-state index in [1.165, 1.54) is 16.0 Å². The van der Waals surface area contributed by atoms with Crippen LogP contribution in [0.25, 0.3) is 6.08 Å². The third kappa shape index (κ3) is 8.58. The molecule has 0 unspecified atom stereocenters. The number of aliphatic hydroxyl groups excluding tert-OH is 1. The zero-order chi connectivity index (χ0) is 39.4. The first-order valence-electron chi connectivity index (χ1n) is 19.5. The molecule has 1 aromatic rings. The molecule has 0 radical (unpaired) electrons. The van der Waals surface area contributed by atoms with Crippen molar-refractivity contribution in [2.24, 2.45) is 5.41 Å². The standard InChI is InChI=1S/C39H52F3N3O10/c1-3-5-9-17-37(18-10-6-4-2)53-30-28-22-38(36(50)44-20-11-14-27(44)34(48)43-19-21-46)32(35(49)52-28)45(55-33(38)31(30)54-37)23-26-13-8-7-12-25(26)15-16-29(47)51-24-39(40,41)42/h7-8,12-13,15-16,27-28,30-33,46H,3-6,9-11,14,17-24H2,1-2H3,(H,43,48)/t27-,28-,30+,31+,32+,33-,38+/m1/s1. The first-order valence-corrected chi connectivity index (χ1v) is 19.5. The maximum atomic E-state index is 15.2. The number of hydroxylamine groups is 2. The van der Waals surface area contributed by atoms with Crippen LogP contribution in [0.1, 0.15) is 95.6 Å². The van der Waals surface area contributed by atoms with Gasteiger partial charge in [0.05, 0.1) is 13.2 Å². The molecule has 0 spiro atoms. The van der Waals surface area contributed by atoms with Gasteiger partial charge in [-0.15, -0.1) is 0 Å². The van der Waals surface area contributed by atoms with Crippen molar-refractivity contribution >= 4 is 29.8 Å². The second-order valence-electron chi connectivity index (χ2n) is 15.1. The van der Waals surface area contributed by atoms with Gasteiger partial charge < -0.3 is 34.3 Å². The number of nitrogens with zero attached hydrogens (tertiary/aromatic N) is 2. The molecule has 2 N–H and O–H groups in total. The molecule has 1 aromatic carbocycles. The first-order chi connectivity index (χ1) is 26.4.